The number of benzene rings is 1. The zero-order chi connectivity index (χ0) is 27.9. The molecule has 38 heavy (non-hydrogen) atoms. The molecule has 0 spiro atoms. The van der Waals surface area contributed by atoms with Gasteiger partial charge in [0.25, 0.3) is 5.91 Å². The lowest BCUT2D eigenvalue weighted by Gasteiger charge is -2.55. The van der Waals surface area contributed by atoms with Crippen LogP contribution in [0.1, 0.15) is 30.4 Å². The Morgan fingerprint density at radius 2 is 1.79 bits per heavy atom. The number of rotatable bonds is 6. The predicted octanol–water partition coefficient (Wildman–Crippen LogP) is 0.152. The van der Waals surface area contributed by atoms with Crippen LogP contribution < -0.4 is 16.0 Å². The second-order valence-corrected chi connectivity index (χ2v) is 11.5. The number of hydrogen-bond acceptors (Lipinski definition) is 10. The highest BCUT2D eigenvalue weighted by molar-refractivity contribution is 6.24. The summed E-state index contributed by atoms with van der Waals surface area (Å²) in [5.41, 5.74) is 2.14. The molecule has 0 heterocycles. The molecule has 0 aliphatic heterocycles. The highest BCUT2D eigenvalue weighted by Crippen LogP contribution is 2.58. The summed E-state index contributed by atoms with van der Waals surface area (Å²) in [5, 5.41) is 48.8. The number of likely N-dealkylation sites (N-methyl/N-ethyl adjacent to an activating group) is 1. The van der Waals surface area contributed by atoms with E-state index < -0.39 is 57.5 Å². The molecular weight excluding hydrogens is 492 g/mol. The summed E-state index contributed by atoms with van der Waals surface area (Å²) in [6.07, 6.45) is 2.18. The molecule has 5 rings (SSSR count). The van der Waals surface area contributed by atoms with Crippen LogP contribution in [0.25, 0.3) is 5.76 Å². The van der Waals surface area contributed by atoms with Crippen LogP contribution in [0.5, 0.6) is 5.75 Å². The van der Waals surface area contributed by atoms with Crippen LogP contribution in [0.3, 0.4) is 0 Å². The minimum absolute atomic E-state index is 0.0288. The van der Waals surface area contributed by atoms with Gasteiger partial charge in [0.1, 0.15) is 22.8 Å². The van der Waals surface area contributed by atoms with Crippen LogP contribution in [0, 0.1) is 11.3 Å². The van der Waals surface area contributed by atoms with Crippen LogP contribution in [0.2, 0.25) is 0 Å². The number of aliphatic hydroxyl groups is 3. The first-order chi connectivity index (χ1) is 17.8. The zero-order valence-electron chi connectivity index (χ0n) is 21.9. The number of phenolic OH excluding ortho intramolecular Hbond substituents is 1. The van der Waals surface area contributed by atoms with E-state index in [0.717, 1.165) is 18.5 Å². The van der Waals surface area contributed by atoms with E-state index >= 15 is 0 Å². The summed E-state index contributed by atoms with van der Waals surface area (Å²) in [7, 11) is 6.84. The van der Waals surface area contributed by atoms with Crippen molar-refractivity contribution in [3.8, 4) is 5.75 Å². The van der Waals surface area contributed by atoms with E-state index in [1.54, 1.807) is 20.2 Å². The van der Waals surface area contributed by atoms with Crippen molar-refractivity contribution in [1.82, 2.24) is 10.2 Å². The van der Waals surface area contributed by atoms with E-state index in [1.807, 2.05) is 19.0 Å². The second kappa shape index (κ2) is 8.55. The van der Waals surface area contributed by atoms with Crippen LogP contribution >= 0.6 is 0 Å². The molecule has 4 aliphatic rings. The Morgan fingerprint density at radius 3 is 2.34 bits per heavy atom. The number of fused-ring (bicyclic) bond motifs is 3. The number of nitrogens with two attached hydrogens (primary N) is 1. The third-order valence-corrected chi connectivity index (χ3v) is 8.59. The normalized spacial score (nSPS) is 30.8. The number of anilines is 1. The molecule has 11 nitrogen and oxygen atoms in total. The van der Waals surface area contributed by atoms with Crippen molar-refractivity contribution in [2.45, 2.75) is 43.4 Å². The molecule has 1 amide bonds. The van der Waals surface area contributed by atoms with Crippen LogP contribution in [0.4, 0.5) is 5.69 Å². The first kappa shape index (κ1) is 26.2. The topological polar surface area (TPSA) is 177 Å². The third-order valence-electron chi connectivity index (χ3n) is 8.59. The maximum absolute atomic E-state index is 14.3. The van der Waals surface area contributed by atoms with Gasteiger partial charge in [0.05, 0.1) is 11.6 Å². The van der Waals surface area contributed by atoms with Crippen molar-refractivity contribution >= 4 is 28.9 Å². The van der Waals surface area contributed by atoms with Crippen LogP contribution in [-0.2, 0) is 20.8 Å². The molecule has 4 aliphatic carbocycles. The quantitative estimate of drug-likeness (QED) is 0.280. The lowest BCUT2D eigenvalue weighted by molar-refractivity contribution is -0.157. The van der Waals surface area contributed by atoms with Crippen molar-refractivity contribution in [3.63, 3.8) is 0 Å². The Labute approximate surface area is 220 Å². The van der Waals surface area contributed by atoms with Gasteiger partial charge in [-0.2, -0.15) is 0 Å². The number of primary amides is 1. The van der Waals surface area contributed by atoms with Gasteiger partial charge >= 0.3 is 0 Å². The molecule has 0 saturated heterocycles. The van der Waals surface area contributed by atoms with Gasteiger partial charge in [-0.3, -0.25) is 19.3 Å². The molecule has 1 aromatic carbocycles. The SMILES string of the molecule is CN(C)c1ccc(O)c2c1C[C@@]1(CNC3CC3)C[C@H]3[C@H](N(C)C)C(=O)C(C(N)=O)=C(O)[C@@]3(O)C(=O)C1=C2O. The van der Waals surface area contributed by atoms with Crippen molar-refractivity contribution in [2.24, 2.45) is 17.1 Å². The predicted molar refractivity (Wildman–Crippen MR) is 139 cm³/mol. The molecule has 0 radical (unpaired) electrons. The van der Waals surface area contributed by atoms with Crippen molar-refractivity contribution in [1.29, 1.82) is 0 Å². The van der Waals surface area contributed by atoms with E-state index in [0.29, 0.717) is 5.56 Å². The van der Waals surface area contributed by atoms with Gasteiger partial charge in [0.2, 0.25) is 5.78 Å². The number of ketones is 2. The average molecular weight is 527 g/mol. The lowest BCUT2D eigenvalue weighted by Crippen LogP contribution is -2.68. The fourth-order valence-electron chi connectivity index (χ4n) is 6.68. The molecule has 2 fully saturated rings. The van der Waals surface area contributed by atoms with E-state index in [1.165, 1.54) is 11.0 Å². The van der Waals surface area contributed by atoms with Gasteiger partial charge in [-0.05, 0) is 57.5 Å². The molecule has 0 bridgehead atoms. The summed E-state index contributed by atoms with van der Waals surface area (Å²) >= 11 is 0. The van der Waals surface area contributed by atoms with Gasteiger partial charge in [0, 0.05) is 49.3 Å². The summed E-state index contributed by atoms with van der Waals surface area (Å²) in [4.78, 5) is 43.3. The number of nitrogens with zero attached hydrogens (tertiary/aromatic N) is 2. The Kier molecular flexibility index (Phi) is 5.90. The molecule has 7 N–H and O–H groups in total. The molecule has 4 atom stereocenters. The summed E-state index contributed by atoms with van der Waals surface area (Å²) in [6, 6.07) is 2.27. The Morgan fingerprint density at radius 1 is 1.13 bits per heavy atom. The lowest BCUT2D eigenvalue weighted by atomic mass is 9.51. The number of aromatic hydroxyl groups is 1. The van der Waals surface area contributed by atoms with E-state index in [-0.39, 0.29) is 42.3 Å². The Balaban J connectivity index is 1.81. The molecule has 204 valence electrons. The van der Waals surface area contributed by atoms with Crippen molar-refractivity contribution in [2.75, 3.05) is 39.6 Å². The smallest absolute Gasteiger partial charge is 0.255 e. The van der Waals surface area contributed by atoms with E-state index in [4.69, 9.17) is 5.73 Å². The molecule has 0 aromatic heterocycles. The summed E-state index contributed by atoms with van der Waals surface area (Å²) < 4.78 is 0. The van der Waals surface area contributed by atoms with Gasteiger partial charge in [0.15, 0.2) is 11.4 Å². The molecule has 11 heteroatoms. The number of hydrogen-bond donors (Lipinski definition) is 6. The molecule has 2 saturated carbocycles. The number of nitrogens with one attached hydrogen (secondary N) is 1. The fraction of sp³-hybridized carbons (Fsp3) is 0.519. The van der Waals surface area contributed by atoms with Gasteiger partial charge in [-0.25, -0.2) is 0 Å². The highest BCUT2D eigenvalue weighted by Gasteiger charge is 2.67. The highest BCUT2D eigenvalue weighted by atomic mass is 16.3. The standard InChI is InChI=1S/C27H34N4O7/c1-30(2)15-7-8-16(32)17-13(15)9-26(11-29-12-5-6-12)10-14-20(31(3)4)22(34)18(25(28)37)23(35)27(14,38)24(36)19(26)21(17)33/h7-8,12,14,20,29,32-33,35,38H,5-6,9-11H2,1-4H3,(H2,28,37)/t14-,20-,26-,27+/m0/s1. The van der Waals surface area contributed by atoms with Gasteiger partial charge < -0.3 is 36.4 Å². The average Bonchev–Trinajstić information content (AvgIpc) is 3.64. The van der Waals surface area contributed by atoms with E-state index in [9.17, 15) is 34.8 Å². The summed E-state index contributed by atoms with van der Waals surface area (Å²) in [6.45, 7) is 0.263. The van der Waals surface area contributed by atoms with Crippen LogP contribution in [0.15, 0.2) is 29.0 Å². The Hall–Kier alpha value is -3.41. The minimum Gasteiger partial charge on any atom is -0.508 e. The van der Waals surface area contributed by atoms with Crippen molar-refractivity contribution in [3.05, 3.63) is 40.2 Å². The number of Topliss-reactive ketones (excluding diaryl/α,β-unsaturated/α-hetero) is 2. The number of amides is 1. The van der Waals surface area contributed by atoms with Crippen molar-refractivity contribution < 1.29 is 34.8 Å². The zero-order valence-corrected chi connectivity index (χ0v) is 21.9. The fourth-order valence-corrected chi connectivity index (χ4v) is 6.68. The van der Waals surface area contributed by atoms with Crippen LogP contribution in [-0.4, -0.2) is 95.2 Å². The first-order valence-corrected chi connectivity index (χ1v) is 12.7. The minimum atomic E-state index is -2.67. The molecular formula is C27H34N4O7. The van der Waals surface area contributed by atoms with Gasteiger partial charge in [-0.1, -0.05) is 0 Å². The number of carbonyl (C=O) groups is 3. The maximum Gasteiger partial charge on any atom is 0.255 e. The second-order valence-electron chi connectivity index (χ2n) is 11.5. The summed E-state index contributed by atoms with van der Waals surface area (Å²) in [5.74, 6) is -6.00. The third kappa shape index (κ3) is 3.49. The maximum atomic E-state index is 14.3. The first-order valence-electron chi connectivity index (χ1n) is 12.7. The molecule has 1 aromatic rings. The number of aliphatic hydroxyl groups excluding tert-OH is 2. The Bertz CT molecular complexity index is 1330. The van der Waals surface area contributed by atoms with Gasteiger partial charge in [-0.15, -0.1) is 0 Å². The molecule has 0 unspecified atom stereocenters. The largest absolute Gasteiger partial charge is 0.508 e. The number of phenols is 1. The van der Waals surface area contributed by atoms with E-state index in [2.05, 4.69) is 5.32 Å². The number of carbonyl (C=O) groups excluding carboxylic acids is 3. The monoisotopic (exact) mass is 526 g/mol.